The maximum absolute atomic E-state index is 13.3. The van der Waals surface area contributed by atoms with E-state index in [1.54, 1.807) is 0 Å². The molecule has 85 valence electrons. The van der Waals surface area contributed by atoms with Crippen LogP contribution < -0.4 is 5.32 Å². The first kappa shape index (κ1) is 11.0. The third-order valence-corrected chi connectivity index (χ3v) is 2.40. The van der Waals surface area contributed by atoms with Gasteiger partial charge in [-0.2, -0.15) is 4.39 Å². The Kier molecular flexibility index (Phi) is 3.12. The fraction of sp³-hybridized carbons (Fsp3) is 0.400. The fourth-order valence-corrected chi connectivity index (χ4v) is 1.59. The quantitative estimate of drug-likeness (QED) is 0.564. The highest BCUT2D eigenvalue weighted by atomic mass is 19.1. The summed E-state index contributed by atoms with van der Waals surface area (Å²) in [7, 11) is 0. The third-order valence-electron chi connectivity index (χ3n) is 2.40. The summed E-state index contributed by atoms with van der Waals surface area (Å²) in [6, 6.07) is 3.80. The van der Waals surface area contributed by atoms with Crippen LogP contribution in [0, 0.1) is 15.9 Å². The van der Waals surface area contributed by atoms with Gasteiger partial charge in [0.25, 0.3) is 0 Å². The lowest BCUT2D eigenvalue weighted by atomic mass is 10.1. The summed E-state index contributed by atoms with van der Waals surface area (Å²) in [6.45, 7) is 1.62. The molecule has 1 aliphatic heterocycles. The van der Waals surface area contributed by atoms with Crippen molar-refractivity contribution in [3.63, 3.8) is 0 Å². The van der Waals surface area contributed by atoms with Gasteiger partial charge in [-0.15, -0.1) is 0 Å². The largest absolute Gasteiger partial charge is 0.371 e. The fourth-order valence-electron chi connectivity index (χ4n) is 1.59. The number of ether oxygens (including phenoxy) is 1. The number of benzene rings is 1. The van der Waals surface area contributed by atoms with Crippen molar-refractivity contribution in [1.29, 1.82) is 0 Å². The van der Waals surface area contributed by atoms with Gasteiger partial charge < -0.3 is 4.74 Å². The van der Waals surface area contributed by atoms with Gasteiger partial charge in [0, 0.05) is 19.2 Å². The van der Waals surface area contributed by atoms with Gasteiger partial charge in [0.15, 0.2) is 0 Å². The first-order valence-electron chi connectivity index (χ1n) is 4.87. The Morgan fingerprint density at radius 3 is 2.94 bits per heavy atom. The van der Waals surface area contributed by atoms with Gasteiger partial charge in [-0.1, -0.05) is 0 Å². The van der Waals surface area contributed by atoms with Crippen LogP contribution in [0.15, 0.2) is 18.2 Å². The van der Waals surface area contributed by atoms with E-state index in [0.717, 1.165) is 12.1 Å². The molecule has 0 saturated carbocycles. The van der Waals surface area contributed by atoms with Crippen LogP contribution in [0.2, 0.25) is 0 Å². The van der Waals surface area contributed by atoms with E-state index in [1.165, 1.54) is 6.07 Å². The molecule has 16 heavy (non-hydrogen) atoms. The standard InChI is InChI=1S/C10H10FN2O3/c11-8-5-7(1-2-9(8)13(14)15)10-6-12-3-4-16-10/h1-2,5,10H,3-4,6H2. The van der Waals surface area contributed by atoms with Gasteiger partial charge in [0.05, 0.1) is 17.6 Å². The van der Waals surface area contributed by atoms with Crippen LogP contribution in [-0.2, 0) is 4.74 Å². The normalized spacial score (nSPS) is 20.7. The molecule has 0 amide bonds. The van der Waals surface area contributed by atoms with Crippen molar-refractivity contribution in [3.8, 4) is 0 Å². The molecule has 1 saturated heterocycles. The second kappa shape index (κ2) is 4.54. The highest BCUT2D eigenvalue weighted by Gasteiger charge is 2.20. The number of nitro benzene ring substituents is 1. The molecule has 1 aliphatic rings. The Hall–Kier alpha value is -1.53. The monoisotopic (exact) mass is 225 g/mol. The van der Waals surface area contributed by atoms with Crippen molar-refractivity contribution in [1.82, 2.24) is 5.32 Å². The summed E-state index contributed by atoms with van der Waals surface area (Å²) in [6.07, 6.45) is -0.288. The Labute approximate surface area is 91.4 Å². The number of nitro groups is 1. The summed E-state index contributed by atoms with van der Waals surface area (Å²) in [5.74, 6) is -0.836. The number of rotatable bonds is 2. The minimum Gasteiger partial charge on any atom is -0.371 e. The lowest BCUT2D eigenvalue weighted by Crippen LogP contribution is -2.28. The molecular formula is C10H10FN2O3. The molecule has 0 aromatic heterocycles. The molecule has 0 N–H and O–H groups in total. The topological polar surface area (TPSA) is 66.5 Å². The smallest absolute Gasteiger partial charge is 0.304 e. The van der Waals surface area contributed by atoms with Crippen LogP contribution in [0.3, 0.4) is 0 Å². The van der Waals surface area contributed by atoms with Crippen LogP contribution in [0.1, 0.15) is 11.7 Å². The zero-order valence-corrected chi connectivity index (χ0v) is 8.43. The van der Waals surface area contributed by atoms with E-state index in [1.807, 2.05) is 0 Å². The predicted octanol–water partition coefficient (Wildman–Crippen LogP) is 1.41. The summed E-state index contributed by atoms with van der Waals surface area (Å²) >= 11 is 0. The molecule has 1 fully saturated rings. The molecule has 1 heterocycles. The number of hydrogen-bond acceptors (Lipinski definition) is 3. The summed E-state index contributed by atoms with van der Waals surface area (Å²) in [5, 5.41) is 14.6. The maximum atomic E-state index is 13.3. The number of nitrogens with zero attached hydrogens (tertiary/aromatic N) is 2. The van der Waals surface area contributed by atoms with Crippen molar-refractivity contribution >= 4 is 5.69 Å². The first-order chi connectivity index (χ1) is 7.68. The molecule has 5 nitrogen and oxygen atoms in total. The lowest BCUT2D eigenvalue weighted by Gasteiger charge is -2.22. The Balaban J connectivity index is 2.23. The molecule has 1 unspecified atom stereocenters. The van der Waals surface area contributed by atoms with Gasteiger partial charge in [-0.3, -0.25) is 10.1 Å². The lowest BCUT2D eigenvalue weighted by molar-refractivity contribution is -0.387. The Morgan fingerprint density at radius 1 is 1.56 bits per heavy atom. The van der Waals surface area contributed by atoms with E-state index in [9.17, 15) is 14.5 Å². The van der Waals surface area contributed by atoms with Crippen molar-refractivity contribution < 1.29 is 14.1 Å². The molecule has 1 aromatic carbocycles. The molecule has 2 rings (SSSR count). The zero-order valence-electron chi connectivity index (χ0n) is 8.43. The summed E-state index contributed by atoms with van der Waals surface area (Å²) < 4.78 is 18.7. The van der Waals surface area contributed by atoms with E-state index in [2.05, 4.69) is 5.32 Å². The van der Waals surface area contributed by atoms with Crippen LogP contribution in [0.5, 0.6) is 0 Å². The molecule has 6 heteroatoms. The van der Waals surface area contributed by atoms with Gasteiger partial charge in [0.1, 0.15) is 0 Å². The number of morpholine rings is 1. The average Bonchev–Trinajstić information content (AvgIpc) is 2.29. The second-order valence-electron chi connectivity index (χ2n) is 3.46. The van der Waals surface area contributed by atoms with Crippen molar-refractivity contribution in [2.75, 3.05) is 19.7 Å². The van der Waals surface area contributed by atoms with E-state index in [0.29, 0.717) is 25.3 Å². The molecular weight excluding hydrogens is 215 g/mol. The van der Waals surface area contributed by atoms with Crippen molar-refractivity contribution in [2.45, 2.75) is 6.10 Å². The SMILES string of the molecule is O=[N+]([O-])c1ccc(C2C[N]CCO2)cc1F. The highest BCUT2D eigenvalue weighted by Crippen LogP contribution is 2.24. The summed E-state index contributed by atoms with van der Waals surface area (Å²) in [5.41, 5.74) is 0.0723. The van der Waals surface area contributed by atoms with Gasteiger partial charge >= 0.3 is 5.69 Å². The maximum Gasteiger partial charge on any atom is 0.304 e. The van der Waals surface area contributed by atoms with Gasteiger partial charge in [-0.25, -0.2) is 5.32 Å². The van der Waals surface area contributed by atoms with Crippen molar-refractivity contribution in [2.24, 2.45) is 0 Å². The molecule has 1 aromatic rings. The Bertz CT molecular complexity index is 405. The highest BCUT2D eigenvalue weighted by molar-refractivity contribution is 5.36. The summed E-state index contributed by atoms with van der Waals surface area (Å²) in [4.78, 5) is 9.68. The van der Waals surface area contributed by atoms with Crippen LogP contribution in [0.4, 0.5) is 10.1 Å². The molecule has 0 aliphatic carbocycles. The minimum atomic E-state index is -0.836. The molecule has 1 atom stereocenters. The average molecular weight is 225 g/mol. The molecule has 0 bridgehead atoms. The van der Waals surface area contributed by atoms with Crippen LogP contribution in [0.25, 0.3) is 0 Å². The third kappa shape index (κ3) is 2.17. The number of halogens is 1. The second-order valence-corrected chi connectivity index (χ2v) is 3.46. The van der Waals surface area contributed by atoms with E-state index < -0.39 is 16.4 Å². The number of hydrogen-bond donors (Lipinski definition) is 0. The van der Waals surface area contributed by atoms with Crippen LogP contribution in [-0.4, -0.2) is 24.6 Å². The molecule has 1 radical (unpaired) electrons. The minimum absolute atomic E-state index is 0.288. The van der Waals surface area contributed by atoms with Crippen LogP contribution >= 0.6 is 0 Å². The first-order valence-corrected chi connectivity index (χ1v) is 4.87. The van der Waals surface area contributed by atoms with Gasteiger partial charge in [-0.05, 0) is 17.7 Å². The predicted molar refractivity (Wildman–Crippen MR) is 53.6 cm³/mol. The Morgan fingerprint density at radius 2 is 2.38 bits per heavy atom. The van der Waals surface area contributed by atoms with Gasteiger partial charge in [0.2, 0.25) is 5.82 Å². The van der Waals surface area contributed by atoms with E-state index >= 15 is 0 Å². The zero-order chi connectivity index (χ0) is 11.5. The molecule has 0 spiro atoms. The van der Waals surface area contributed by atoms with E-state index in [-0.39, 0.29) is 6.10 Å². The van der Waals surface area contributed by atoms with E-state index in [4.69, 9.17) is 4.74 Å². The van der Waals surface area contributed by atoms with Crippen molar-refractivity contribution in [3.05, 3.63) is 39.7 Å².